The van der Waals surface area contributed by atoms with Crippen LogP contribution in [0.1, 0.15) is 12.0 Å². The fourth-order valence-corrected chi connectivity index (χ4v) is 2.01. The minimum absolute atomic E-state index is 0.714. The van der Waals surface area contributed by atoms with Gasteiger partial charge in [-0.25, -0.2) is 4.98 Å². The first-order valence-corrected chi connectivity index (χ1v) is 6.62. The number of rotatable bonds is 6. The zero-order valence-electron chi connectivity index (χ0n) is 11.2. The van der Waals surface area contributed by atoms with Crippen molar-refractivity contribution in [1.29, 1.82) is 0 Å². The molecule has 0 aliphatic heterocycles. The average Bonchev–Trinajstić information content (AvgIpc) is 2.82. The summed E-state index contributed by atoms with van der Waals surface area (Å²) in [6.45, 7) is 3.65. The Bertz CT molecular complexity index is 539. The molecule has 0 aliphatic rings. The molecular weight excluding hydrogens is 262 g/mol. The second-order valence-corrected chi connectivity index (χ2v) is 4.81. The fourth-order valence-electron chi connectivity index (χ4n) is 1.84. The van der Waals surface area contributed by atoms with E-state index in [1.165, 1.54) is 0 Å². The molecule has 2 rings (SSSR count). The second-order valence-electron chi connectivity index (χ2n) is 4.37. The van der Waals surface area contributed by atoms with Crippen LogP contribution in [0.4, 0.5) is 11.6 Å². The standard InChI is InChI=1S/C14H18ClN3O/c1-11-4-5-12(15)10-13(11)17-14-16-6-8-18(14)7-3-9-19-2/h4-6,8,10H,3,7,9H2,1-2H3,(H,16,17). The summed E-state index contributed by atoms with van der Waals surface area (Å²) in [7, 11) is 1.71. The number of hydrogen-bond donors (Lipinski definition) is 1. The summed E-state index contributed by atoms with van der Waals surface area (Å²) in [6.07, 6.45) is 4.70. The third kappa shape index (κ3) is 3.72. The van der Waals surface area contributed by atoms with Crippen molar-refractivity contribution in [2.45, 2.75) is 19.9 Å². The molecule has 0 amide bonds. The van der Waals surface area contributed by atoms with Gasteiger partial charge in [-0.1, -0.05) is 17.7 Å². The number of anilines is 2. The Balaban J connectivity index is 2.10. The molecular formula is C14H18ClN3O. The highest BCUT2D eigenvalue weighted by Gasteiger charge is 2.05. The number of hydrogen-bond acceptors (Lipinski definition) is 3. The van der Waals surface area contributed by atoms with Crippen LogP contribution in [0.2, 0.25) is 5.02 Å². The van der Waals surface area contributed by atoms with Crippen LogP contribution in [0.25, 0.3) is 0 Å². The van der Waals surface area contributed by atoms with Gasteiger partial charge in [0.2, 0.25) is 5.95 Å². The van der Waals surface area contributed by atoms with Crippen molar-refractivity contribution >= 4 is 23.2 Å². The molecule has 19 heavy (non-hydrogen) atoms. The quantitative estimate of drug-likeness (QED) is 0.821. The lowest BCUT2D eigenvalue weighted by Crippen LogP contribution is -2.06. The maximum absolute atomic E-state index is 6.02. The summed E-state index contributed by atoms with van der Waals surface area (Å²) < 4.78 is 7.13. The van der Waals surface area contributed by atoms with Gasteiger partial charge in [0.25, 0.3) is 0 Å². The van der Waals surface area contributed by atoms with Crippen LogP contribution in [0.15, 0.2) is 30.6 Å². The summed E-state index contributed by atoms with van der Waals surface area (Å²) in [4.78, 5) is 4.33. The normalized spacial score (nSPS) is 10.7. The van der Waals surface area contributed by atoms with Crippen LogP contribution >= 0.6 is 11.6 Å². The summed E-state index contributed by atoms with van der Waals surface area (Å²) in [5, 5.41) is 4.03. The highest BCUT2D eigenvalue weighted by atomic mass is 35.5. The first-order valence-electron chi connectivity index (χ1n) is 6.24. The van der Waals surface area contributed by atoms with Gasteiger partial charge in [-0.2, -0.15) is 0 Å². The lowest BCUT2D eigenvalue weighted by molar-refractivity contribution is 0.190. The number of halogens is 1. The zero-order chi connectivity index (χ0) is 13.7. The van der Waals surface area contributed by atoms with Gasteiger partial charge in [-0.05, 0) is 31.0 Å². The average molecular weight is 280 g/mol. The molecule has 5 heteroatoms. The molecule has 0 aliphatic carbocycles. The molecule has 0 unspecified atom stereocenters. The van der Waals surface area contributed by atoms with Crippen molar-refractivity contribution < 1.29 is 4.74 Å². The Labute approximate surface area is 118 Å². The Morgan fingerprint density at radius 2 is 2.26 bits per heavy atom. The predicted octanol–water partition coefficient (Wildman–Crippen LogP) is 3.63. The monoisotopic (exact) mass is 279 g/mol. The molecule has 4 nitrogen and oxygen atoms in total. The van der Waals surface area contributed by atoms with E-state index in [0.717, 1.165) is 36.8 Å². The molecule has 1 aromatic heterocycles. The van der Waals surface area contributed by atoms with E-state index >= 15 is 0 Å². The summed E-state index contributed by atoms with van der Waals surface area (Å²) in [5.41, 5.74) is 2.11. The number of benzene rings is 1. The first kappa shape index (κ1) is 13.9. The lowest BCUT2D eigenvalue weighted by Gasteiger charge is -2.12. The van der Waals surface area contributed by atoms with Gasteiger partial charge in [0.1, 0.15) is 0 Å². The van der Waals surface area contributed by atoms with E-state index in [9.17, 15) is 0 Å². The molecule has 1 N–H and O–H groups in total. The third-order valence-corrected chi connectivity index (χ3v) is 3.14. The highest BCUT2D eigenvalue weighted by Crippen LogP contribution is 2.23. The molecule has 1 heterocycles. The number of nitrogens with zero attached hydrogens (tertiary/aromatic N) is 2. The number of aromatic nitrogens is 2. The van der Waals surface area contributed by atoms with Crippen LogP contribution in [0.5, 0.6) is 0 Å². The van der Waals surface area contributed by atoms with E-state index in [-0.39, 0.29) is 0 Å². The molecule has 1 aromatic carbocycles. The van der Waals surface area contributed by atoms with Crippen LogP contribution in [0.3, 0.4) is 0 Å². The van der Waals surface area contributed by atoms with Crippen LogP contribution < -0.4 is 5.32 Å². The van der Waals surface area contributed by atoms with E-state index < -0.39 is 0 Å². The summed E-state index contributed by atoms with van der Waals surface area (Å²) >= 11 is 6.02. The maximum Gasteiger partial charge on any atom is 0.207 e. The first-order chi connectivity index (χ1) is 9.20. The molecule has 2 aromatic rings. The van der Waals surface area contributed by atoms with Gasteiger partial charge in [0.15, 0.2) is 0 Å². The van der Waals surface area contributed by atoms with Crippen molar-refractivity contribution in [3.05, 3.63) is 41.2 Å². The van der Waals surface area contributed by atoms with Crippen molar-refractivity contribution in [1.82, 2.24) is 9.55 Å². The van der Waals surface area contributed by atoms with Gasteiger partial charge in [-0.3, -0.25) is 0 Å². The Hall–Kier alpha value is -1.52. The largest absolute Gasteiger partial charge is 0.385 e. The third-order valence-electron chi connectivity index (χ3n) is 2.91. The van der Waals surface area contributed by atoms with Gasteiger partial charge < -0.3 is 14.6 Å². The molecule has 0 spiro atoms. The highest BCUT2D eigenvalue weighted by molar-refractivity contribution is 6.30. The SMILES string of the molecule is COCCCn1ccnc1Nc1cc(Cl)ccc1C. The number of ether oxygens (including phenoxy) is 1. The Morgan fingerprint density at radius 3 is 3.05 bits per heavy atom. The van der Waals surface area contributed by atoms with Crippen molar-refractivity contribution in [3.63, 3.8) is 0 Å². The molecule has 0 fully saturated rings. The molecule has 102 valence electrons. The number of aryl methyl sites for hydroxylation is 2. The Kier molecular flexibility index (Phi) is 4.82. The minimum Gasteiger partial charge on any atom is -0.385 e. The van der Waals surface area contributed by atoms with Gasteiger partial charge in [-0.15, -0.1) is 0 Å². The molecule has 0 atom stereocenters. The van der Waals surface area contributed by atoms with Gasteiger partial charge in [0, 0.05) is 43.4 Å². The van der Waals surface area contributed by atoms with Gasteiger partial charge in [0.05, 0.1) is 0 Å². The minimum atomic E-state index is 0.714. The van der Waals surface area contributed by atoms with E-state index in [4.69, 9.17) is 16.3 Å². The topological polar surface area (TPSA) is 39.1 Å². The Morgan fingerprint density at radius 1 is 1.42 bits per heavy atom. The number of methoxy groups -OCH3 is 1. The molecule has 0 radical (unpaired) electrons. The summed E-state index contributed by atoms with van der Waals surface area (Å²) in [6, 6.07) is 5.78. The van der Waals surface area contributed by atoms with Crippen molar-refractivity contribution in [2.24, 2.45) is 0 Å². The van der Waals surface area contributed by atoms with E-state index in [1.807, 2.05) is 31.3 Å². The predicted molar refractivity (Wildman–Crippen MR) is 78.2 cm³/mol. The smallest absolute Gasteiger partial charge is 0.207 e. The second kappa shape index (κ2) is 6.59. The van der Waals surface area contributed by atoms with E-state index in [2.05, 4.69) is 14.9 Å². The van der Waals surface area contributed by atoms with Crippen LogP contribution in [-0.4, -0.2) is 23.3 Å². The van der Waals surface area contributed by atoms with Crippen LogP contribution in [-0.2, 0) is 11.3 Å². The molecule has 0 bridgehead atoms. The summed E-state index contributed by atoms with van der Waals surface area (Å²) in [5.74, 6) is 0.821. The lowest BCUT2D eigenvalue weighted by atomic mass is 10.2. The molecule has 0 saturated carbocycles. The van der Waals surface area contributed by atoms with Crippen molar-refractivity contribution in [2.75, 3.05) is 19.0 Å². The van der Waals surface area contributed by atoms with Crippen molar-refractivity contribution in [3.8, 4) is 0 Å². The van der Waals surface area contributed by atoms with Crippen LogP contribution in [0, 0.1) is 6.92 Å². The zero-order valence-corrected chi connectivity index (χ0v) is 11.9. The fraction of sp³-hybridized carbons (Fsp3) is 0.357. The van der Waals surface area contributed by atoms with E-state index in [1.54, 1.807) is 13.3 Å². The number of imidazole rings is 1. The maximum atomic E-state index is 6.02. The number of nitrogens with one attached hydrogen (secondary N) is 1. The molecule has 0 saturated heterocycles. The van der Waals surface area contributed by atoms with Gasteiger partial charge >= 0.3 is 0 Å². The van der Waals surface area contributed by atoms with E-state index in [0.29, 0.717) is 5.02 Å².